The van der Waals surface area contributed by atoms with E-state index >= 15 is 0 Å². The number of hydrogen-bond acceptors (Lipinski definition) is 7. The Kier molecular flexibility index (Phi) is 4.70. The second-order valence-corrected chi connectivity index (χ2v) is 6.85. The molecule has 1 saturated heterocycles. The molecule has 7 heteroatoms. The van der Waals surface area contributed by atoms with Crippen LogP contribution in [0.1, 0.15) is 29.8 Å². The number of ether oxygens (including phenoxy) is 2. The molecule has 3 aromatic rings. The number of nitrogens with two attached hydrogens (primary N) is 1. The van der Waals surface area contributed by atoms with E-state index in [1.807, 2.05) is 31.2 Å². The average Bonchev–Trinajstić information content (AvgIpc) is 3.17. The van der Waals surface area contributed by atoms with E-state index in [9.17, 15) is 4.79 Å². The van der Waals surface area contributed by atoms with Crippen LogP contribution in [-0.4, -0.2) is 35.7 Å². The Morgan fingerprint density at radius 2 is 1.89 bits per heavy atom. The van der Waals surface area contributed by atoms with Crippen LogP contribution in [0.5, 0.6) is 5.75 Å². The molecule has 1 aliphatic heterocycles. The fourth-order valence-electron chi connectivity index (χ4n) is 3.12. The van der Waals surface area contributed by atoms with E-state index in [4.69, 9.17) is 19.7 Å². The molecule has 2 aromatic carbocycles. The summed E-state index contributed by atoms with van der Waals surface area (Å²) in [6.45, 7) is 4.90. The minimum Gasteiger partial charge on any atom is -0.493 e. The molecule has 1 aromatic heterocycles. The van der Waals surface area contributed by atoms with Crippen molar-refractivity contribution in [2.45, 2.75) is 19.4 Å². The van der Waals surface area contributed by atoms with Gasteiger partial charge in [0.1, 0.15) is 5.75 Å². The largest absolute Gasteiger partial charge is 0.493 e. The molecule has 144 valence electrons. The highest BCUT2D eigenvalue weighted by Crippen LogP contribution is 2.30. The van der Waals surface area contributed by atoms with Crippen molar-refractivity contribution in [1.29, 1.82) is 0 Å². The zero-order valence-electron chi connectivity index (χ0n) is 15.8. The molecule has 0 saturated carbocycles. The Hall–Kier alpha value is -3.03. The fourth-order valence-corrected chi connectivity index (χ4v) is 3.12. The molecule has 7 nitrogen and oxygen atoms in total. The Morgan fingerprint density at radius 1 is 1.18 bits per heavy atom. The maximum Gasteiger partial charge on any atom is 0.258 e. The zero-order valence-corrected chi connectivity index (χ0v) is 15.8. The molecular weight excluding hydrogens is 358 g/mol. The average molecular weight is 379 g/mol. The number of nitrogens with zero attached hydrogens (tertiary/aromatic N) is 2. The molecule has 2 heterocycles. The molecule has 28 heavy (non-hydrogen) atoms. The van der Waals surface area contributed by atoms with Crippen LogP contribution in [0, 0.1) is 0 Å². The van der Waals surface area contributed by atoms with Gasteiger partial charge in [0.15, 0.2) is 5.78 Å². The standard InChI is InChI=1S/C21H21N3O4/c1-3-27-18-9-6-15(10-17(18)13(2)25)20-23-19(24-28-20)14-4-7-16(8-5-14)21(22)11-26-12-21/h4-10H,3,11-12,22H2,1-2H3. The summed E-state index contributed by atoms with van der Waals surface area (Å²) in [5.41, 5.74) is 8.83. The van der Waals surface area contributed by atoms with Gasteiger partial charge >= 0.3 is 0 Å². The van der Waals surface area contributed by atoms with E-state index in [1.165, 1.54) is 6.92 Å². The topological polar surface area (TPSA) is 100 Å². The van der Waals surface area contributed by atoms with Crippen LogP contribution >= 0.6 is 0 Å². The van der Waals surface area contributed by atoms with E-state index in [0.717, 1.165) is 11.1 Å². The predicted octanol–water partition coefficient (Wildman–Crippen LogP) is 3.19. The second-order valence-electron chi connectivity index (χ2n) is 6.85. The number of aromatic nitrogens is 2. The van der Waals surface area contributed by atoms with Crippen LogP contribution in [0.15, 0.2) is 47.0 Å². The molecule has 1 aliphatic rings. The quantitative estimate of drug-likeness (QED) is 0.656. The summed E-state index contributed by atoms with van der Waals surface area (Å²) in [4.78, 5) is 16.4. The number of Topliss-reactive ketones (excluding diaryl/α,β-unsaturated/α-hetero) is 1. The van der Waals surface area contributed by atoms with Gasteiger partial charge in [-0.1, -0.05) is 29.4 Å². The summed E-state index contributed by atoms with van der Waals surface area (Å²) in [7, 11) is 0. The van der Waals surface area contributed by atoms with Gasteiger partial charge in [-0.15, -0.1) is 0 Å². The lowest BCUT2D eigenvalue weighted by Gasteiger charge is -2.38. The summed E-state index contributed by atoms with van der Waals surface area (Å²) in [5, 5.41) is 4.06. The molecule has 0 spiro atoms. The summed E-state index contributed by atoms with van der Waals surface area (Å²) in [6, 6.07) is 13.0. The van der Waals surface area contributed by atoms with Crippen molar-refractivity contribution >= 4 is 5.78 Å². The van der Waals surface area contributed by atoms with Gasteiger partial charge in [-0.05, 0) is 37.6 Å². The minimum atomic E-state index is -0.410. The summed E-state index contributed by atoms with van der Waals surface area (Å²) in [6.07, 6.45) is 0. The molecule has 0 atom stereocenters. The van der Waals surface area contributed by atoms with Gasteiger partial charge in [0.05, 0.1) is 30.9 Å². The Bertz CT molecular complexity index is 1010. The molecule has 1 fully saturated rings. The van der Waals surface area contributed by atoms with Gasteiger partial charge in [-0.25, -0.2) is 0 Å². The third-order valence-corrected chi connectivity index (χ3v) is 4.77. The Balaban J connectivity index is 1.61. The lowest BCUT2D eigenvalue weighted by molar-refractivity contribution is -0.0569. The van der Waals surface area contributed by atoms with Crippen molar-refractivity contribution in [3.05, 3.63) is 53.6 Å². The van der Waals surface area contributed by atoms with E-state index in [0.29, 0.717) is 48.4 Å². The fraction of sp³-hybridized carbons (Fsp3) is 0.286. The number of rotatable bonds is 6. The Labute approximate surface area is 162 Å². The van der Waals surface area contributed by atoms with Crippen molar-refractivity contribution in [2.24, 2.45) is 5.73 Å². The number of carbonyl (C=O) groups is 1. The first-order valence-electron chi connectivity index (χ1n) is 9.09. The van der Waals surface area contributed by atoms with E-state index in [2.05, 4.69) is 10.1 Å². The number of benzene rings is 2. The van der Waals surface area contributed by atoms with Gasteiger partial charge in [-0.3, -0.25) is 4.79 Å². The monoisotopic (exact) mass is 379 g/mol. The van der Waals surface area contributed by atoms with Gasteiger partial charge in [0.2, 0.25) is 5.82 Å². The van der Waals surface area contributed by atoms with Crippen molar-refractivity contribution in [3.8, 4) is 28.6 Å². The van der Waals surface area contributed by atoms with Gasteiger partial charge in [-0.2, -0.15) is 4.98 Å². The molecule has 4 rings (SSSR count). The predicted molar refractivity (Wildman–Crippen MR) is 103 cm³/mol. The third-order valence-electron chi connectivity index (χ3n) is 4.77. The summed E-state index contributed by atoms with van der Waals surface area (Å²) in [5.74, 6) is 1.27. The smallest absolute Gasteiger partial charge is 0.258 e. The van der Waals surface area contributed by atoms with Crippen LogP contribution < -0.4 is 10.5 Å². The van der Waals surface area contributed by atoms with Crippen molar-refractivity contribution in [1.82, 2.24) is 10.1 Å². The maximum atomic E-state index is 11.9. The van der Waals surface area contributed by atoms with Gasteiger partial charge < -0.3 is 19.7 Å². The molecule has 2 N–H and O–H groups in total. The molecule has 0 unspecified atom stereocenters. The molecule has 0 bridgehead atoms. The third kappa shape index (κ3) is 3.30. The summed E-state index contributed by atoms with van der Waals surface area (Å²) < 4.78 is 16.1. The zero-order chi connectivity index (χ0) is 19.7. The number of ketones is 1. The van der Waals surface area contributed by atoms with Crippen molar-refractivity contribution in [2.75, 3.05) is 19.8 Å². The number of carbonyl (C=O) groups excluding carboxylic acids is 1. The van der Waals surface area contributed by atoms with Crippen molar-refractivity contribution < 1.29 is 18.8 Å². The van der Waals surface area contributed by atoms with Crippen LogP contribution in [0.4, 0.5) is 0 Å². The van der Waals surface area contributed by atoms with Crippen LogP contribution in [-0.2, 0) is 10.3 Å². The molecular formula is C21H21N3O4. The SMILES string of the molecule is CCOc1ccc(-c2nc(-c3ccc(C4(N)COC4)cc3)no2)cc1C(C)=O. The number of hydrogen-bond donors (Lipinski definition) is 1. The first-order valence-corrected chi connectivity index (χ1v) is 9.09. The van der Waals surface area contributed by atoms with Crippen LogP contribution in [0.2, 0.25) is 0 Å². The van der Waals surface area contributed by atoms with Gasteiger partial charge in [0, 0.05) is 11.1 Å². The minimum absolute atomic E-state index is 0.0867. The van der Waals surface area contributed by atoms with E-state index in [1.54, 1.807) is 18.2 Å². The van der Waals surface area contributed by atoms with Crippen molar-refractivity contribution in [3.63, 3.8) is 0 Å². The lowest BCUT2D eigenvalue weighted by atomic mass is 9.89. The summed E-state index contributed by atoms with van der Waals surface area (Å²) >= 11 is 0. The normalized spacial score (nSPS) is 15.1. The molecule has 0 aliphatic carbocycles. The van der Waals surface area contributed by atoms with E-state index in [-0.39, 0.29) is 5.78 Å². The van der Waals surface area contributed by atoms with Crippen LogP contribution in [0.3, 0.4) is 0 Å². The van der Waals surface area contributed by atoms with Crippen LogP contribution in [0.25, 0.3) is 22.8 Å². The highest BCUT2D eigenvalue weighted by molar-refractivity contribution is 5.97. The second kappa shape index (κ2) is 7.18. The maximum absolute atomic E-state index is 11.9. The first kappa shape index (κ1) is 18.3. The highest BCUT2D eigenvalue weighted by Gasteiger charge is 2.35. The van der Waals surface area contributed by atoms with Gasteiger partial charge in [0.25, 0.3) is 5.89 Å². The molecule has 0 radical (unpaired) electrons. The van der Waals surface area contributed by atoms with E-state index < -0.39 is 5.54 Å². The first-order chi connectivity index (χ1) is 13.5. The lowest BCUT2D eigenvalue weighted by Crippen LogP contribution is -2.54. The Morgan fingerprint density at radius 3 is 2.50 bits per heavy atom. The molecule has 0 amide bonds. The highest BCUT2D eigenvalue weighted by atomic mass is 16.5.